The van der Waals surface area contributed by atoms with E-state index in [1.54, 1.807) is 18.9 Å². The Balaban J connectivity index is 0.000000145. The molecule has 10 nitrogen and oxygen atoms in total. The van der Waals surface area contributed by atoms with E-state index in [9.17, 15) is 9.59 Å². The zero-order chi connectivity index (χ0) is 30.2. The first-order chi connectivity index (χ1) is 21.4. The average Bonchev–Trinajstić information content (AvgIpc) is 3.77. The molecule has 4 aliphatic heterocycles. The number of Topliss-reactive ketones (excluding diaryl/α,β-unsaturated/α-hetero) is 1. The van der Waals surface area contributed by atoms with Gasteiger partial charge in [-0.1, -0.05) is 24.3 Å². The van der Waals surface area contributed by atoms with Gasteiger partial charge in [0.15, 0.2) is 0 Å². The SMILES string of the molecule is CN(C)CCc1c[nH]c2ccc(Cn3cncn3)cc12.O=C(O[C@@H]1C[C@@H]2C[C@@H]3C[C@H](C1)N2CC3=O)c1c[nH]c2ccccc12. The number of hydrogen-bond donors (Lipinski definition) is 2. The Morgan fingerprint density at radius 1 is 1.00 bits per heavy atom. The number of hydrogen-bond acceptors (Lipinski definition) is 7. The van der Waals surface area contributed by atoms with Gasteiger partial charge >= 0.3 is 5.97 Å². The first-order valence-corrected chi connectivity index (χ1v) is 15.5. The van der Waals surface area contributed by atoms with Gasteiger partial charge < -0.3 is 19.6 Å². The van der Waals surface area contributed by atoms with Gasteiger partial charge in [0.05, 0.1) is 18.7 Å². The molecule has 4 saturated heterocycles. The number of ketones is 1. The van der Waals surface area contributed by atoms with E-state index in [0.29, 0.717) is 30.0 Å². The fourth-order valence-electron chi connectivity index (χ4n) is 7.25. The molecule has 0 radical (unpaired) electrons. The van der Waals surface area contributed by atoms with Crippen LogP contribution >= 0.6 is 0 Å². The van der Waals surface area contributed by atoms with Crippen LogP contribution in [-0.4, -0.2) is 91.7 Å². The lowest BCUT2D eigenvalue weighted by Crippen LogP contribution is -2.63. The summed E-state index contributed by atoms with van der Waals surface area (Å²) < 4.78 is 7.68. The van der Waals surface area contributed by atoms with Crippen LogP contribution in [0.15, 0.2) is 67.5 Å². The highest BCUT2D eigenvalue weighted by molar-refractivity contribution is 6.04. The third kappa shape index (κ3) is 5.79. The molecule has 5 atom stereocenters. The molecule has 4 bridgehead atoms. The standard InChI is InChI=1S/C19H20N2O3.C15H19N5/c22-18-10-21-12-5-11(18)6-13(21)8-14(7-12)24-19(23)16-9-20-17-4-2-1-3-15(16)17;1-19(2)6-5-13-8-17-15-4-3-12(7-14(13)15)9-20-11-16-10-18-20/h1-4,9,11-14,20H,5-8,10H2;3-4,7-8,10-11,17H,5-6,9H2,1-2H3/t11-,12+,13-,14-;. The lowest BCUT2D eigenvalue weighted by atomic mass is 9.72. The van der Waals surface area contributed by atoms with Crippen LogP contribution in [0, 0.1) is 5.92 Å². The summed E-state index contributed by atoms with van der Waals surface area (Å²) >= 11 is 0. The van der Waals surface area contributed by atoms with Crippen molar-refractivity contribution < 1.29 is 14.3 Å². The molecule has 0 spiro atoms. The predicted octanol–water partition coefficient (Wildman–Crippen LogP) is 4.43. The van der Waals surface area contributed by atoms with Gasteiger partial charge in [0, 0.05) is 71.6 Å². The molecule has 1 unspecified atom stereocenters. The van der Waals surface area contributed by atoms with E-state index in [1.165, 1.54) is 22.0 Å². The molecule has 0 saturated carbocycles. The monoisotopic (exact) mass is 593 g/mol. The number of nitrogens with zero attached hydrogens (tertiary/aromatic N) is 5. The number of likely N-dealkylation sites (N-methyl/N-ethyl adjacent to an activating group) is 1. The predicted molar refractivity (Wildman–Crippen MR) is 168 cm³/mol. The van der Waals surface area contributed by atoms with Gasteiger partial charge in [0.1, 0.15) is 24.5 Å². The van der Waals surface area contributed by atoms with Gasteiger partial charge in [-0.05, 0) is 62.7 Å². The van der Waals surface area contributed by atoms with Crippen molar-refractivity contribution in [1.82, 2.24) is 34.5 Å². The Morgan fingerprint density at radius 2 is 1.77 bits per heavy atom. The van der Waals surface area contributed by atoms with Crippen LogP contribution in [0.2, 0.25) is 0 Å². The minimum atomic E-state index is -0.242. The number of benzene rings is 2. The number of carbonyl (C=O) groups is 2. The Morgan fingerprint density at radius 3 is 2.52 bits per heavy atom. The number of ether oxygens (including phenoxy) is 1. The third-order valence-corrected chi connectivity index (χ3v) is 9.47. The van der Waals surface area contributed by atoms with E-state index in [1.807, 2.05) is 28.9 Å². The minimum Gasteiger partial charge on any atom is -0.459 e. The number of aromatic amines is 2. The van der Waals surface area contributed by atoms with E-state index in [0.717, 1.165) is 56.1 Å². The quantitative estimate of drug-likeness (QED) is 0.269. The van der Waals surface area contributed by atoms with Crippen LogP contribution in [0.3, 0.4) is 0 Å². The molecule has 10 heteroatoms. The van der Waals surface area contributed by atoms with Gasteiger partial charge in [-0.15, -0.1) is 0 Å². The van der Waals surface area contributed by atoms with Crippen LogP contribution < -0.4 is 0 Å². The van der Waals surface area contributed by atoms with Crippen LogP contribution in [-0.2, 0) is 22.5 Å². The number of esters is 1. The zero-order valence-electron chi connectivity index (χ0n) is 25.3. The minimum absolute atomic E-state index is 0.0356. The molecule has 7 heterocycles. The molecule has 228 valence electrons. The van der Waals surface area contributed by atoms with Crippen LogP contribution in [0.1, 0.15) is 47.2 Å². The Bertz CT molecular complexity index is 1760. The zero-order valence-corrected chi connectivity index (χ0v) is 25.3. The molecule has 0 amide bonds. The van der Waals surface area contributed by atoms with E-state index < -0.39 is 0 Å². The number of rotatable bonds is 7. The van der Waals surface area contributed by atoms with Crippen molar-refractivity contribution in [3.63, 3.8) is 0 Å². The van der Waals surface area contributed by atoms with Gasteiger partial charge in [-0.2, -0.15) is 5.10 Å². The molecular weight excluding hydrogens is 554 g/mol. The largest absolute Gasteiger partial charge is 0.459 e. The fourth-order valence-corrected chi connectivity index (χ4v) is 7.25. The van der Waals surface area contributed by atoms with Crippen molar-refractivity contribution in [3.05, 3.63) is 84.2 Å². The van der Waals surface area contributed by atoms with Crippen molar-refractivity contribution in [2.24, 2.45) is 5.92 Å². The van der Waals surface area contributed by atoms with Gasteiger partial charge in [-0.25, -0.2) is 14.5 Å². The summed E-state index contributed by atoms with van der Waals surface area (Å²) in [5.74, 6) is 0.403. The average molecular weight is 594 g/mol. The second kappa shape index (κ2) is 12.0. The van der Waals surface area contributed by atoms with Crippen molar-refractivity contribution in [3.8, 4) is 0 Å². The topological polar surface area (TPSA) is 112 Å². The highest BCUT2D eigenvalue weighted by Gasteiger charge is 2.49. The second-order valence-electron chi connectivity index (χ2n) is 12.7. The summed E-state index contributed by atoms with van der Waals surface area (Å²) in [6.45, 7) is 2.41. The van der Waals surface area contributed by atoms with Crippen molar-refractivity contribution >= 4 is 33.6 Å². The van der Waals surface area contributed by atoms with Crippen molar-refractivity contribution in [2.75, 3.05) is 27.2 Å². The van der Waals surface area contributed by atoms with E-state index in [-0.39, 0.29) is 18.0 Å². The molecular formula is C34H39N7O3. The Kier molecular flexibility index (Phi) is 7.78. The highest BCUT2D eigenvalue weighted by Crippen LogP contribution is 2.42. The van der Waals surface area contributed by atoms with E-state index >= 15 is 0 Å². The summed E-state index contributed by atoms with van der Waals surface area (Å²) in [6.07, 6.45) is 11.8. The smallest absolute Gasteiger partial charge is 0.340 e. The summed E-state index contributed by atoms with van der Waals surface area (Å²) in [6, 6.07) is 15.1. The molecule has 44 heavy (non-hydrogen) atoms. The van der Waals surface area contributed by atoms with Crippen LogP contribution in [0.5, 0.6) is 0 Å². The summed E-state index contributed by atoms with van der Waals surface area (Å²) in [5.41, 5.74) is 5.37. The number of aromatic nitrogens is 5. The molecule has 0 aliphatic carbocycles. The third-order valence-electron chi connectivity index (χ3n) is 9.47. The maximum absolute atomic E-state index is 12.6. The van der Waals surface area contributed by atoms with Crippen LogP contribution in [0.25, 0.3) is 21.8 Å². The van der Waals surface area contributed by atoms with Crippen LogP contribution in [0.4, 0.5) is 0 Å². The Hall–Kier alpha value is -4.28. The summed E-state index contributed by atoms with van der Waals surface area (Å²) in [7, 11) is 4.20. The number of fused-ring (bicyclic) bond motifs is 3. The lowest BCUT2D eigenvalue weighted by molar-refractivity contribution is -0.145. The normalized spacial score (nSPS) is 24.1. The maximum atomic E-state index is 12.6. The molecule has 2 aromatic carbocycles. The highest BCUT2D eigenvalue weighted by atomic mass is 16.5. The molecule has 4 aliphatic rings. The summed E-state index contributed by atoms with van der Waals surface area (Å²) in [5, 5.41) is 6.37. The van der Waals surface area contributed by atoms with Gasteiger partial charge in [-0.3, -0.25) is 9.69 Å². The molecule has 9 rings (SSSR count). The first-order valence-electron chi connectivity index (χ1n) is 15.5. The van der Waals surface area contributed by atoms with Crippen molar-refractivity contribution in [1.29, 1.82) is 0 Å². The fraction of sp³-hybridized carbons (Fsp3) is 0.412. The number of H-pyrrole nitrogens is 2. The van der Waals surface area contributed by atoms with Crippen molar-refractivity contribution in [2.45, 2.75) is 56.8 Å². The molecule has 3 aromatic heterocycles. The van der Waals surface area contributed by atoms with E-state index in [2.05, 4.69) is 68.3 Å². The molecule has 2 N–H and O–H groups in total. The molecule has 4 fully saturated rings. The number of carbonyl (C=O) groups excluding carboxylic acids is 2. The number of para-hydroxylation sites is 1. The lowest BCUT2D eigenvalue weighted by Gasteiger charge is -2.54. The first kappa shape index (κ1) is 28.5. The Labute approximate surface area is 256 Å². The maximum Gasteiger partial charge on any atom is 0.340 e. The number of nitrogens with one attached hydrogen (secondary N) is 2. The second-order valence-corrected chi connectivity index (χ2v) is 12.7. The number of piperidine rings is 4. The summed E-state index contributed by atoms with van der Waals surface area (Å²) in [4.78, 5) is 39.5. The van der Waals surface area contributed by atoms with Gasteiger partial charge in [0.2, 0.25) is 0 Å². The molecule has 5 aromatic rings. The van der Waals surface area contributed by atoms with E-state index in [4.69, 9.17) is 4.74 Å². The van der Waals surface area contributed by atoms with Gasteiger partial charge in [0.25, 0.3) is 0 Å².